The second kappa shape index (κ2) is 15.5. The molecular weight excluding hydrogens is 824 g/mol. The monoisotopic (exact) mass is 860 g/mol. The second-order valence-corrected chi connectivity index (χ2v) is 19.8. The van der Waals surface area contributed by atoms with Crippen molar-refractivity contribution in [2.75, 3.05) is 29.5 Å². The Kier molecular flexibility index (Phi) is 13.3. The first-order valence-electron chi connectivity index (χ1n) is 15.0. The Bertz CT molecular complexity index is 2300. The third kappa shape index (κ3) is 10.3. The Hall–Kier alpha value is -1.75. The van der Waals surface area contributed by atoms with Crippen molar-refractivity contribution in [3.8, 4) is 0 Å². The van der Waals surface area contributed by atoms with E-state index in [-0.39, 0.29) is 60.4 Å². The summed E-state index contributed by atoms with van der Waals surface area (Å²) in [4.78, 5) is 1.09. The van der Waals surface area contributed by atoms with Gasteiger partial charge in [-0.3, -0.25) is 13.7 Å². The van der Waals surface area contributed by atoms with Crippen LogP contribution in [-0.2, 0) is 51.3 Å². The van der Waals surface area contributed by atoms with Crippen LogP contribution in [-0.4, -0.2) is 116 Å². The number of rotatable bonds is 13. The van der Waals surface area contributed by atoms with E-state index in [9.17, 15) is 51.9 Å². The molecule has 0 atom stereocenters. The van der Waals surface area contributed by atoms with E-state index in [0.717, 1.165) is 0 Å². The molecule has 0 radical (unpaired) electrons. The third-order valence-electron chi connectivity index (χ3n) is 8.68. The van der Waals surface area contributed by atoms with Crippen LogP contribution in [0.4, 0.5) is 11.4 Å². The average molecular weight is 862 g/mol. The SMILES string of the molecule is CC1(C)C(=CC=C(Br)C=CC2=[N+](CCCS(=O)(=O)O)c3ccc(S(=O)(=O)[O-])cc3C2(C)C)N(CCCS(=O)(=O)O)c2ccc(S(=O)(=O)O)cc21.[NaH]. The number of halogens is 1. The summed E-state index contributed by atoms with van der Waals surface area (Å²) in [5, 5.41) is 0. The maximum absolute atomic E-state index is 11.9. The van der Waals surface area contributed by atoms with Crippen LogP contribution in [0.1, 0.15) is 51.7 Å². The Morgan fingerprint density at radius 3 is 1.98 bits per heavy atom. The summed E-state index contributed by atoms with van der Waals surface area (Å²) in [5.74, 6) is -1.01. The second-order valence-electron chi connectivity index (χ2n) is 12.9. The number of nitrogens with zero attached hydrogens (tertiary/aromatic N) is 2. The fourth-order valence-corrected chi connectivity index (χ4v) is 8.55. The van der Waals surface area contributed by atoms with Crippen LogP contribution < -0.4 is 4.90 Å². The van der Waals surface area contributed by atoms with E-state index in [0.29, 0.717) is 38.4 Å². The van der Waals surface area contributed by atoms with E-state index in [1.165, 1.54) is 36.4 Å². The quantitative estimate of drug-likeness (QED) is 0.113. The minimum absolute atomic E-state index is 0. The van der Waals surface area contributed by atoms with Gasteiger partial charge >= 0.3 is 29.6 Å². The Morgan fingerprint density at radius 2 is 1.41 bits per heavy atom. The van der Waals surface area contributed by atoms with Crippen molar-refractivity contribution < 1.29 is 56.5 Å². The Morgan fingerprint density at radius 1 is 0.843 bits per heavy atom. The summed E-state index contributed by atoms with van der Waals surface area (Å²) in [6, 6.07) is 8.08. The molecule has 3 N–H and O–H groups in total. The van der Waals surface area contributed by atoms with Crippen molar-refractivity contribution in [3.05, 3.63) is 82.0 Å². The zero-order valence-corrected chi connectivity index (χ0v) is 32.3. The molecule has 2 heterocycles. The normalized spacial score (nSPS) is 18.3. The van der Waals surface area contributed by atoms with E-state index in [4.69, 9.17) is 0 Å². The van der Waals surface area contributed by atoms with Gasteiger partial charge in [-0.05, 0) is 74.4 Å². The molecule has 0 spiro atoms. The molecule has 2 aromatic rings. The topological polar surface area (TPSA) is 227 Å². The number of fused-ring (bicyclic) bond motifs is 2. The summed E-state index contributed by atoms with van der Waals surface area (Å²) in [7, 11) is -17.8. The molecule has 276 valence electrons. The van der Waals surface area contributed by atoms with E-state index in [2.05, 4.69) is 15.9 Å². The van der Waals surface area contributed by atoms with E-state index >= 15 is 0 Å². The molecule has 20 heteroatoms. The van der Waals surface area contributed by atoms with E-state index in [1.807, 2.05) is 27.7 Å². The fraction of sp³-hybridized carbons (Fsp3) is 0.387. The van der Waals surface area contributed by atoms with Crippen LogP contribution in [0.2, 0.25) is 0 Å². The zero-order valence-electron chi connectivity index (χ0n) is 27.4. The van der Waals surface area contributed by atoms with E-state index < -0.39 is 67.7 Å². The van der Waals surface area contributed by atoms with Crippen molar-refractivity contribution in [2.45, 2.75) is 61.2 Å². The van der Waals surface area contributed by atoms with Crippen LogP contribution in [0.5, 0.6) is 0 Å². The van der Waals surface area contributed by atoms with Gasteiger partial charge in [-0.15, -0.1) is 0 Å². The van der Waals surface area contributed by atoms with Crippen molar-refractivity contribution in [3.63, 3.8) is 0 Å². The summed E-state index contributed by atoms with van der Waals surface area (Å²) in [6.07, 6.45) is 7.00. The van der Waals surface area contributed by atoms with Crippen molar-refractivity contribution >= 4 is 103 Å². The molecule has 0 amide bonds. The fourth-order valence-electron chi connectivity index (χ4n) is 6.29. The molecule has 2 aliphatic rings. The Labute approximate surface area is 329 Å². The van der Waals surface area contributed by atoms with Gasteiger partial charge in [0.2, 0.25) is 5.69 Å². The van der Waals surface area contributed by atoms with Crippen molar-refractivity contribution in [1.82, 2.24) is 0 Å². The van der Waals surface area contributed by atoms with Crippen LogP contribution in [0.25, 0.3) is 0 Å². The van der Waals surface area contributed by atoms with Gasteiger partial charge in [-0.1, -0.05) is 29.8 Å². The molecule has 0 fully saturated rings. The summed E-state index contributed by atoms with van der Waals surface area (Å²) in [6.45, 7) is 7.60. The molecule has 0 aromatic heterocycles. The first-order valence-corrected chi connectivity index (χ1v) is 21.9. The molecule has 4 rings (SSSR count). The molecule has 51 heavy (non-hydrogen) atoms. The first-order chi connectivity index (χ1) is 22.7. The van der Waals surface area contributed by atoms with Gasteiger partial charge in [-0.2, -0.15) is 29.8 Å². The van der Waals surface area contributed by atoms with Crippen LogP contribution in [0.15, 0.2) is 80.7 Å². The molecule has 0 saturated carbocycles. The summed E-state index contributed by atoms with van der Waals surface area (Å²) >= 11 is 3.53. The van der Waals surface area contributed by atoms with Gasteiger partial charge in [-0.25, -0.2) is 8.42 Å². The molecule has 2 aliphatic heterocycles. The van der Waals surface area contributed by atoms with Crippen LogP contribution in [0, 0.1) is 0 Å². The van der Waals surface area contributed by atoms with Crippen LogP contribution >= 0.6 is 15.9 Å². The molecule has 0 aliphatic carbocycles. The van der Waals surface area contributed by atoms with E-state index in [1.54, 1.807) is 33.8 Å². The summed E-state index contributed by atoms with van der Waals surface area (Å²) < 4.78 is 136. The molecule has 0 unspecified atom stereocenters. The third-order valence-corrected chi connectivity index (χ3v) is 12.5. The van der Waals surface area contributed by atoms with Gasteiger partial charge in [0.25, 0.3) is 30.4 Å². The number of hydrogen-bond acceptors (Lipinski definition) is 10. The Balaban J connectivity index is 0.00000702. The molecule has 0 saturated heterocycles. The number of allylic oxidation sites excluding steroid dienone is 6. The predicted octanol–water partition coefficient (Wildman–Crippen LogP) is 3.64. The number of benzene rings is 2. The summed E-state index contributed by atoms with van der Waals surface area (Å²) in [5.41, 5.74) is 1.86. The standard InChI is InChI=1S/C31H37BrN2O12S4.Na.H/c1-30(2)24-19-22(49(41,42)43)9-11-26(24)33(15-5-17-47(35,36)37)28(30)13-7-21(32)8-14-29-31(3,4)25-20-23(50(44,45)46)10-12-27(25)34(29)16-6-18-48(38,39)40;;/h7-14,19-20H,5-6,15-18H2,1-4H3,(H3-,35,36,37,38,39,40,41,42,43,44,45,46);;. The first kappa shape index (κ1) is 43.7. The average Bonchev–Trinajstić information content (AvgIpc) is 3.30. The van der Waals surface area contributed by atoms with Crippen LogP contribution in [0.3, 0.4) is 0 Å². The van der Waals surface area contributed by atoms with Crippen molar-refractivity contribution in [2.24, 2.45) is 0 Å². The number of anilines is 1. The van der Waals surface area contributed by atoms with Crippen molar-refractivity contribution in [1.29, 1.82) is 0 Å². The molecule has 14 nitrogen and oxygen atoms in total. The number of hydrogen-bond donors (Lipinski definition) is 3. The van der Waals surface area contributed by atoms with Gasteiger partial charge in [0, 0.05) is 52.0 Å². The van der Waals surface area contributed by atoms with Gasteiger partial charge in [0.1, 0.15) is 16.7 Å². The zero-order chi connectivity index (χ0) is 37.7. The molecular formula is C31H38BrN2NaO12S4. The molecule has 0 bridgehead atoms. The predicted molar refractivity (Wildman–Crippen MR) is 197 cm³/mol. The minimum atomic E-state index is -4.76. The van der Waals surface area contributed by atoms with Gasteiger partial charge in [0.15, 0.2) is 5.71 Å². The van der Waals surface area contributed by atoms with Gasteiger partial charge < -0.3 is 9.45 Å². The maximum atomic E-state index is 11.9. The molecule has 2 aromatic carbocycles. The van der Waals surface area contributed by atoms with Gasteiger partial charge in [0.05, 0.1) is 26.7 Å².